The summed E-state index contributed by atoms with van der Waals surface area (Å²) in [6.07, 6.45) is -0.617. The summed E-state index contributed by atoms with van der Waals surface area (Å²) in [7, 11) is 0. The van der Waals surface area contributed by atoms with Crippen molar-refractivity contribution in [3.05, 3.63) is 70.7 Å². The van der Waals surface area contributed by atoms with Gasteiger partial charge in [-0.05, 0) is 37.8 Å². The largest absolute Gasteiger partial charge is 0.391 e. The number of hydrogen-bond acceptors (Lipinski definition) is 7. The molecule has 0 spiro atoms. The van der Waals surface area contributed by atoms with Crippen LogP contribution in [0.3, 0.4) is 0 Å². The minimum atomic E-state index is -0.793. The molecular formula is C28H34N4O4S. The molecule has 2 N–H and O–H groups in total. The van der Waals surface area contributed by atoms with Crippen LogP contribution in [0.15, 0.2) is 52.5 Å². The Morgan fingerprint density at radius 1 is 1.24 bits per heavy atom. The number of rotatable bonds is 8. The highest BCUT2D eigenvalue weighted by Gasteiger charge is 2.43. The molecule has 1 aliphatic heterocycles. The first kappa shape index (κ1) is 26.8. The molecule has 0 unspecified atom stereocenters. The van der Waals surface area contributed by atoms with Crippen LogP contribution in [0.5, 0.6) is 0 Å². The number of aromatic nitrogens is 2. The standard InChI is InChI=1S/C28H34N4O4S/c1-15(2)22-12-24(36-31-22)25(16(3)4)28(35)32-13-21(33)11-23(32)27(34)30-17(5)19-7-9-20(10-8-19)26-18(6)29-14-37-26/h7-10,12,14-15,17,21,23,25,33H,3,11,13H2,1-2,4-6H3,(H,30,34)/t17-,21+,23-,25+/m0/s1. The molecule has 0 bridgehead atoms. The van der Waals surface area contributed by atoms with Crippen LogP contribution in [-0.4, -0.2) is 50.7 Å². The van der Waals surface area contributed by atoms with Gasteiger partial charge >= 0.3 is 0 Å². The van der Waals surface area contributed by atoms with Gasteiger partial charge in [-0.15, -0.1) is 11.3 Å². The summed E-state index contributed by atoms with van der Waals surface area (Å²) in [5.74, 6) is -0.868. The number of thiazole rings is 1. The molecule has 9 heteroatoms. The minimum Gasteiger partial charge on any atom is -0.391 e. The van der Waals surface area contributed by atoms with E-state index in [1.807, 2.05) is 57.5 Å². The fraction of sp³-hybridized carbons (Fsp3) is 0.429. The number of aryl methyl sites for hydroxylation is 1. The highest BCUT2D eigenvalue weighted by atomic mass is 32.1. The van der Waals surface area contributed by atoms with Gasteiger partial charge in [0.1, 0.15) is 12.0 Å². The van der Waals surface area contributed by atoms with Crippen LogP contribution in [-0.2, 0) is 9.59 Å². The molecule has 0 aliphatic carbocycles. The van der Waals surface area contributed by atoms with Crippen molar-refractivity contribution in [1.82, 2.24) is 20.4 Å². The van der Waals surface area contributed by atoms with Gasteiger partial charge in [0.05, 0.1) is 33.9 Å². The molecule has 2 amide bonds. The molecule has 37 heavy (non-hydrogen) atoms. The maximum Gasteiger partial charge on any atom is 0.243 e. The molecule has 1 fully saturated rings. The molecule has 1 aromatic carbocycles. The van der Waals surface area contributed by atoms with Crippen molar-refractivity contribution in [2.24, 2.45) is 0 Å². The Balaban J connectivity index is 1.48. The number of benzene rings is 1. The van der Waals surface area contributed by atoms with Crippen LogP contribution in [0.1, 0.15) is 74.7 Å². The van der Waals surface area contributed by atoms with Crippen LogP contribution >= 0.6 is 11.3 Å². The molecule has 1 aliphatic rings. The lowest BCUT2D eigenvalue weighted by atomic mass is 9.95. The zero-order chi connectivity index (χ0) is 26.9. The van der Waals surface area contributed by atoms with Gasteiger partial charge in [0.15, 0.2) is 5.76 Å². The van der Waals surface area contributed by atoms with Crippen molar-refractivity contribution in [1.29, 1.82) is 0 Å². The van der Waals surface area contributed by atoms with Crippen molar-refractivity contribution < 1.29 is 19.2 Å². The predicted molar refractivity (Wildman–Crippen MR) is 143 cm³/mol. The lowest BCUT2D eigenvalue weighted by molar-refractivity contribution is -0.139. The second kappa shape index (κ2) is 11.0. The average molecular weight is 523 g/mol. The van der Waals surface area contributed by atoms with Crippen molar-refractivity contribution >= 4 is 23.2 Å². The molecule has 0 radical (unpaired) electrons. The Kier molecular flexibility index (Phi) is 7.94. The number of nitrogens with zero attached hydrogens (tertiary/aromatic N) is 3. The SMILES string of the molecule is C=C(C)[C@@H](C(=O)N1C[C@H](O)C[C@H]1C(=O)N[C@@H](C)c1ccc(-c2scnc2C)cc1)c1cc(C(C)C)no1. The molecule has 2 aromatic heterocycles. The van der Waals surface area contributed by atoms with Crippen LogP contribution < -0.4 is 5.32 Å². The fourth-order valence-electron chi connectivity index (χ4n) is 4.65. The third-order valence-electron chi connectivity index (χ3n) is 6.80. The van der Waals surface area contributed by atoms with Gasteiger partial charge in [0.25, 0.3) is 0 Å². The summed E-state index contributed by atoms with van der Waals surface area (Å²) in [5.41, 5.74) is 6.17. The normalized spacial score (nSPS) is 19.2. The lowest BCUT2D eigenvalue weighted by Gasteiger charge is -2.28. The van der Waals surface area contributed by atoms with Gasteiger partial charge in [0.2, 0.25) is 11.8 Å². The van der Waals surface area contributed by atoms with E-state index in [1.54, 1.807) is 24.3 Å². The zero-order valence-corrected chi connectivity index (χ0v) is 22.7. The maximum absolute atomic E-state index is 13.6. The van der Waals surface area contributed by atoms with E-state index in [0.29, 0.717) is 11.3 Å². The van der Waals surface area contributed by atoms with Gasteiger partial charge in [-0.25, -0.2) is 4.98 Å². The lowest BCUT2D eigenvalue weighted by Crippen LogP contribution is -2.48. The molecule has 8 nitrogen and oxygen atoms in total. The number of likely N-dealkylation sites (tertiary alicyclic amines) is 1. The number of aliphatic hydroxyl groups is 1. The van der Waals surface area contributed by atoms with E-state index in [-0.39, 0.29) is 36.7 Å². The van der Waals surface area contributed by atoms with Crippen molar-refractivity contribution in [2.75, 3.05) is 6.54 Å². The Bertz CT molecular complexity index is 1280. The van der Waals surface area contributed by atoms with E-state index in [2.05, 4.69) is 22.0 Å². The van der Waals surface area contributed by atoms with Crippen molar-refractivity contribution in [3.8, 4) is 10.4 Å². The Morgan fingerprint density at radius 2 is 1.95 bits per heavy atom. The molecule has 0 saturated carbocycles. The van der Waals surface area contributed by atoms with Crippen LogP contribution in [0.4, 0.5) is 0 Å². The number of carbonyl (C=O) groups excluding carboxylic acids is 2. The molecule has 1 saturated heterocycles. The Morgan fingerprint density at radius 3 is 2.51 bits per heavy atom. The molecule has 3 aromatic rings. The molecular weight excluding hydrogens is 488 g/mol. The first-order chi connectivity index (χ1) is 17.6. The van der Waals surface area contributed by atoms with Crippen LogP contribution in [0.2, 0.25) is 0 Å². The number of hydrogen-bond donors (Lipinski definition) is 2. The quantitative estimate of drug-likeness (QED) is 0.414. The van der Waals surface area contributed by atoms with Gasteiger partial charge in [0, 0.05) is 19.0 Å². The van der Waals surface area contributed by atoms with E-state index in [9.17, 15) is 14.7 Å². The fourth-order valence-corrected chi connectivity index (χ4v) is 5.47. The van der Waals surface area contributed by atoms with Crippen LogP contribution in [0, 0.1) is 6.92 Å². The summed E-state index contributed by atoms with van der Waals surface area (Å²) in [5, 5.41) is 17.5. The first-order valence-electron chi connectivity index (χ1n) is 12.5. The van der Waals surface area contributed by atoms with E-state index in [1.165, 1.54) is 4.90 Å². The third kappa shape index (κ3) is 5.67. The number of nitrogens with one attached hydrogen (secondary N) is 1. The summed E-state index contributed by atoms with van der Waals surface area (Å²) in [4.78, 5) is 33.8. The summed E-state index contributed by atoms with van der Waals surface area (Å²) in [6.45, 7) is 13.7. The highest BCUT2D eigenvalue weighted by Crippen LogP contribution is 2.32. The minimum absolute atomic E-state index is 0.0726. The number of aliphatic hydroxyl groups excluding tert-OH is 1. The number of amides is 2. The van der Waals surface area contributed by atoms with E-state index in [0.717, 1.165) is 27.4 Å². The highest BCUT2D eigenvalue weighted by molar-refractivity contribution is 7.13. The van der Waals surface area contributed by atoms with E-state index >= 15 is 0 Å². The number of β-amino-alcohol motifs (C(OH)–C–C–N with tert-alkyl or cyclic N) is 1. The number of carbonyl (C=O) groups is 2. The molecule has 3 heterocycles. The Labute approximate surface area is 221 Å². The molecule has 4 atom stereocenters. The van der Waals surface area contributed by atoms with Gasteiger partial charge in [-0.2, -0.15) is 0 Å². The van der Waals surface area contributed by atoms with Crippen molar-refractivity contribution in [2.45, 2.75) is 71.1 Å². The first-order valence-corrected chi connectivity index (χ1v) is 13.4. The van der Waals surface area contributed by atoms with Crippen molar-refractivity contribution in [3.63, 3.8) is 0 Å². The van der Waals surface area contributed by atoms with Crippen LogP contribution in [0.25, 0.3) is 10.4 Å². The summed E-state index contributed by atoms with van der Waals surface area (Å²) in [6, 6.07) is 8.71. The third-order valence-corrected chi connectivity index (χ3v) is 7.78. The smallest absolute Gasteiger partial charge is 0.243 e. The predicted octanol–water partition coefficient (Wildman–Crippen LogP) is 4.73. The monoisotopic (exact) mass is 522 g/mol. The van der Waals surface area contributed by atoms with Gasteiger partial charge in [-0.1, -0.05) is 55.4 Å². The maximum atomic E-state index is 13.6. The Hall–Kier alpha value is -3.30. The molecule has 196 valence electrons. The second-order valence-electron chi connectivity index (χ2n) is 10.1. The second-order valence-corrected chi connectivity index (χ2v) is 11.0. The zero-order valence-electron chi connectivity index (χ0n) is 21.9. The average Bonchev–Trinajstić information content (AvgIpc) is 3.59. The van der Waals surface area contributed by atoms with E-state index in [4.69, 9.17) is 4.52 Å². The summed E-state index contributed by atoms with van der Waals surface area (Å²) >= 11 is 1.59. The molecule has 4 rings (SSSR count). The topological polar surface area (TPSA) is 109 Å². The van der Waals surface area contributed by atoms with Gasteiger partial charge < -0.3 is 19.8 Å². The van der Waals surface area contributed by atoms with E-state index < -0.39 is 18.1 Å². The van der Waals surface area contributed by atoms with Gasteiger partial charge in [-0.3, -0.25) is 9.59 Å². The summed E-state index contributed by atoms with van der Waals surface area (Å²) < 4.78 is 5.49.